The molecule has 1 aliphatic rings. The number of aromatic hydroxyl groups is 2. The molecule has 2 aromatic carbocycles. The molecule has 0 aliphatic heterocycles. The van der Waals surface area contributed by atoms with Gasteiger partial charge in [-0.3, -0.25) is 25.0 Å². The molecule has 0 aromatic heterocycles. The monoisotopic (exact) mass is 470 g/mol. The summed E-state index contributed by atoms with van der Waals surface area (Å²) in [5.74, 6) is -1.63. The lowest BCUT2D eigenvalue weighted by Gasteiger charge is -2.08. The van der Waals surface area contributed by atoms with E-state index in [1.807, 2.05) is 0 Å². The number of nitrogens with zero attached hydrogens (tertiary/aromatic N) is 2. The van der Waals surface area contributed by atoms with Crippen LogP contribution in [0.1, 0.15) is 37.8 Å². The van der Waals surface area contributed by atoms with Gasteiger partial charge in [0, 0.05) is 23.3 Å². The van der Waals surface area contributed by atoms with Crippen LogP contribution in [0.3, 0.4) is 0 Å². The van der Waals surface area contributed by atoms with E-state index in [4.69, 9.17) is 9.47 Å². The molecular formula is C23H22N2O9. The molecule has 34 heavy (non-hydrogen) atoms. The Labute approximate surface area is 193 Å². The number of rotatable bonds is 8. The number of phenols is 2. The molecule has 0 unspecified atom stereocenters. The van der Waals surface area contributed by atoms with Crippen LogP contribution < -0.4 is 9.47 Å². The third kappa shape index (κ3) is 4.98. The zero-order valence-corrected chi connectivity index (χ0v) is 18.4. The van der Waals surface area contributed by atoms with Crippen molar-refractivity contribution in [3.63, 3.8) is 0 Å². The summed E-state index contributed by atoms with van der Waals surface area (Å²) in [4.78, 5) is 34.0. The minimum Gasteiger partial charge on any atom is -0.500 e. The van der Waals surface area contributed by atoms with Crippen LogP contribution in [-0.4, -0.2) is 39.1 Å². The van der Waals surface area contributed by atoms with E-state index in [2.05, 4.69) is 0 Å². The lowest BCUT2D eigenvalue weighted by atomic mass is 10.0. The Morgan fingerprint density at radius 2 is 1.21 bits per heavy atom. The number of carbonyl (C=O) groups excluding carboxylic acids is 1. The molecule has 0 saturated heterocycles. The lowest BCUT2D eigenvalue weighted by molar-refractivity contribution is -0.386. The van der Waals surface area contributed by atoms with Gasteiger partial charge in [-0.2, -0.15) is 0 Å². The number of benzene rings is 2. The molecule has 3 rings (SSSR count). The maximum atomic E-state index is 12.9. The molecule has 11 heteroatoms. The van der Waals surface area contributed by atoms with Gasteiger partial charge in [-0.15, -0.1) is 0 Å². The van der Waals surface area contributed by atoms with Crippen molar-refractivity contribution in [1.29, 1.82) is 0 Å². The minimum atomic E-state index is -0.741. The van der Waals surface area contributed by atoms with Crippen molar-refractivity contribution in [2.24, 2.45) is 0 Å². The summed E-state index contributed by atoms with van der Waals surface area (Å²) in [5, 5.41) is 42.6. The predicted octanol–water partition coefficient (Wildman–Crippen LogP) is 4.54. The number of nitro benzene ring substituents is 2. The maximum Gasteiger partial charge on any atom is 0.315 e. The summed E-state index contributed by atoms with van der Waals surface area (Å²) in [6, 6.07) is 5.12. The van der Waals surface area contributed by atoms with Crippen LogP contribution in [0.2, 0.25) is 0 Å². The Hall–Kier alpha value is -4.41. The van der Waals surface area contributed by atoms with Crippen molar-refractivity contribution in [2.45, 2.75) is 26.7 Å². The SMILES string of the molecule is CCOc1cc(/C=C2/CC/C(=C\c3cc(OCC)c(O)c([N+](=O)[O-])c3)C2=O)cc([N+](=O)[O-])c1O. The average molecular weight is 470 g/mol. The van der Waals surface area contributed by atoms with E-state index in [9.17, 15) is 35.2 Å². The number of allylic oxidation sites excluding steroid dienone is 2. The molecule has 0 bridgehead atoms. The molecule has 0 heterocycles. The van der Waals surface area contributed by atoms with Gasteiger partial charge in [-0.05, 0) is 62.1 Å². The van der Waals surface area contributed by atoms with Crippen molar-refractivity contribution < 1.29 is 34.3 Å². The number of ether oxygens (including phenoxy) is 2. The van der Waals surface area contributed by atoms with Crippen molar-refractivity contribution >= 4 is 29.3 Å². The van der Waals surface area contributed by atoms with E-state index in [0.29, 0.717) is 35.1 Å². The lowest BCUT2D eigenvalue weighted by Crippen LogP contribution is -1.99. The highest BCUT2D eigenvalue weighted by molar-refractivity contribution is 6.15. The molecule has 0 amide bonds. The Morgan fingerprint density at radius 3 is 1.53 bits per heavy atom. The Kier molecular flexibility index (Phi) is 7.15. The zero-order chi connectivity index (χ0) is 25.0. The largest absolute Gasteiger partial charge is 0.500 e. The fraction of sp³-hybridized carbons (Fsp3) is 0.261. The maximum absolute atomic E-state index is 12.9. The van der Waals surface area contributed by atoms with Crippen LogP contribution in [-0.2, 0) is 4.79 Å². The van der Waals surface area contributed by atoms with Crippen LogP contribution >= 0.6 is 0 Å². The second-order valence-electron chi connectivity index (χ2n) is 7.32. The summed E-state index contributed by atoms with van der Waals surface area (Å²) in [7, 11) is 0. The predicted molar refractivity (Wildman–Crippen MR) is 122 cm³/mol. The van der Waals surface area contributed by atoms with Crippen LogP contribution in [0, 0.1) is 20.2 Å². The van der Waals surface area contributed by atoms with Gasteiger partial charge in [0.15, 0.2) is 17.3 Å². The topological polar surface area (TPSA) is 162 Å². The third-order valence-corrected chi connectivity index (χ3v) is 5.08. The van der Waals surface area contributed by atoms with E-state index in [1.165, 1.54) is 24.3 Å². The van der Waals surface area contributed by atoms with Crippen molar-refractivity contribution in [3.8, 4) is 23.0 Å². The van der Waals surface area contributed by atoms with Gasteiger partial charge in [-0.25, -0.2) is 0 Å². The fourth-order valence-corrected chi connectivity index (χ4v) is 3.58. The second-order valence-corrected chi connectivity index (χ2v) is 7.32. The molecule has 0 atom stereocenters. The molecule has 2 N–H and O–H groups in total. The van der Waals surface area contributed by atoms with Crippen molar-refractivity contribution in [2.75, 3.05) is 13.2 Å². The number of nitro groups is 2. The van der Waals surface area contributed by atoms with Gasteiger partial charge in [0.05, 0.1) is 23.1 Å². The van der Waals surface area contributed by atoms with Crippen molar-refractivity contribution in [1.82, 2.24) is 0 Å². The van der Waals surface area contributed by atoms with Crippen LogP contribution in [0.5, 0.6) is 23.0 Å². The number of hydrogen-bond donors (Lipinski definition) is 2. The van der Waals surface area contributed by atoms with Gasteiger partial charge >= 0.3 is 11.4 Å². The Balaban J connectivity index is 1.98. The molecule has 0 spiro atoms. The number of hydrogen-bond acceptors (Lipinski definition) is 9. The summed E-state index contributed by atoms with van der Waals surface area (Å²) >= 11 is 0. The molecule has 1 fully saturated rings. The number of phenolic OH excluding ortho intramolecular Hbond substituents is 2. The summed E-state index contributed by atoms with van der Waals surface area (Å²) in [5.41, 5.74) is 0.310. The first-order chi connectivity index (χ1) is 16.2. The van der Waals surface area contributed by atoms with Gasteiger partial charge in [0.1, 0.15) is 0 Å². The van der Waals surface area contributed by atoms with E-state index in [0.717, 1.165) is 12.1 Å². The van der Waals surface area contributed by atoms with Crippen LogP contribution in [0.4, 0.5) is 11.4 Å². The third-order valence-electron chi connectivity index (χ3n) is 5.08. The normalized spacial score (nSPS) is 15.6. The Bertz CT molecular complexity index is 1140. The standard InChI is InChI=1S/C23H22N2O9/c1-3-33-19-11-13(9-17(22(19)27)24(29)30)7-15-5-6-16(21(15)26)8-14-10-18(25(31)32)23(28)20(12-14)34-4-2/h7-12,27-28H,3-6H2,1-2H3/b15-7-,16-8+. The molecule has 11 nitrogen and oxygen atoms in total. The average Bonchev–Trinajstić information content (AvgIpc) is 3.11. The molecule has 178 valence electrons. The summed E-state index contributed by atoms with van der Waals surface area (Å²) < 4.78 is 10.5. The van der Waals surface area contributed by atoms with Gasteiger partial charge < -0.3 is 19.7 Å². The number of carbonyl (C=O) groups is 1. The van der Waals surface area contributed by atoms with Gasteiger partial charge in [-0.1, -0.05) is 0 Å². The first kappa shape index (κ1) is 24.2. The molecule has 1 aliphatic carbocycles. The van der Waals surface area contributed by atoms with E-state index >= 15 is 0 Å². The van der Waals surface area contributed by atoms with E-state index in [1.54, 1.807) is 13.8 Å². The number of Topliss-reactive ketones (excluding diaryl/α,β-unsaturated/α-hetero) is 1. The summed E-state index contributed by atoms with van der Waals surface area (Å²) in [6.45, 7) is 3.69. The second kappa shape index (κ2) is 10.0. The molecule has 1 saturated carbocycles. The fourth-order valence-electron chi connectivity index (χ4n) is 3.58. The van der Waals surface area contributed by atoms with Gasteiger partial charge in [0.2, 0.25) is 11.5 Å². The quantitative estimate of drug-likeness (QED) is 0.320. The molecule has 2 aromatic rings. The first-order valence-electron chi connectivity index (χ1n) is 10.4. The van der Waals surface area contributed by atoms with E-state index < -0.39 is 32.7 Å². The van der Waals surface area contributed by atoms with Crippen molar-refractivity contribution in [3.05, 3.63) is 66.8 Å². The highest BCUT2D eigenvalue weighted by Gasteiger charge is 2.26. The number of ketones is 1. The molecular weight excluding hydrogens is 448 g/mol. The Morgan fingerprint density at radius 1 is 0.824 bits per heavy atom. The van der Waals surface area contributed by atoms with Crippen LogP contribution in [0.25, 0.3) is 12.2 Å². The van der Waals surface area contributed by atoms with E-state index in [-0.39, 0.29) is 30.5 Å². The van der Waals surface area contributed by atoms with Crippen LogP contribution in [0.15, 0.2) is 35.4 Å². The minimum absolute atomic E-state index is 0.0652. The van der Waals surface area contributed by atoms with Gasteiger partial charge in [0.25, 0.3) is 0 Å². The summed E-state index contributed by atoms with van der Waals surface area (Å²) in [6.07, 6.45) is 3.68. The smallest absolute Gasteiger partial charge is 0.315 e. The zero-order valence-electron chi connectivity index (χ0n) is 18.4. The highest BCUT2D eigenvalue weighted by atomic mass is 16.6. The first-order valence-corrected chi connectivity index (χ1v) is 10.4. The molecule has 0 radical (unpaired) electrons. The highest BCUT2D eigenvalue weighted by Crippen LogP contribution is 2.40.